The van der Waals surface area contributed by atoms with Crippen LogP contribution in [-0.4, -0.2) is 47.2 Å². The van der Waals surface area contributed by atoms with Gasteiger partial charge in [0.1, 0.15) is 5.82 Å². The van der Waals surface area contributed by atoms with E-state index in [1.54, 1.807) is 6.07 Å². The highest BCUT2D eigenvalue weighted by Crippen LogP contribution is 2.37. The summed E-state index contributed by atoms with van der Waals surface area (Å²) in [6, 6.07) is 28.1. The zero-order chi connectivity index (χ0) is 26.5. The SMILES string of the molecule is CC(C)C(C#N)(CCCN1CCN(c2nc3ccccc3n2Cc2ccccc2)CC1)c1cccc(F)c1. The molecule has 1 atom stereocenters. The van der Waals surface area contributed by atoms with E-state index in [0.717, 1.165) is 74.7 Å². The molecule has 196 valence electrons. The van der Waals surface area contributed by atoms with Gasteiger partial charge in [0, 0.05) is 26.2 Å². The van der Waals surface area contributed by atoms with Gasteiger partial charge in [-0.2, -0.15) is 5.26 Å². The van der Waals surface area contributed by atoms with Crippen LogP contribution in [-0.2, 0) is 12.0 Å². The molecule has 1 aliphatic heterocycles. The highest BCUT2D eigenvalue weighted by molar-refractivity contribution is 5.79. The van der Waals surface area contributed by atoms with Crippen LogP contribution in [0.4, 0.5) is 10.3 Å². The molecule has 6 heteroatoms. The number of rotatable bonds is 9. The van der Waals surface area contributed by atoms with Gasteiger partial charge in [-0.05, 0) is 60.7 Å². The summed E-state index contributed by atoms with van der Waals surface area (Å²) in [6.45, 7) is 9.58. The Hall–Kier alpha value is -3.69. The van der Waals surface area contributed by atoms with Crippen LogP contribution in [0.5, 0.6) is 0 Å². The molecule has 0 amide bonds. The summed E-state index contributed by atoms with van der Waals surface area (Å²) in [6.07, 6.45) is 1.62. The molecule has 5 rings (SSSR count). The Morgan fingerprint density at radius 2 is 1.68 bits per heavy atom. The van der Waals surface area contributed by atoms with Gasteiger partial charge in [-0.15, -0.1) is 0 Å². The van der Waals surface area contributed by atoms with Crippen molar-refractivity contribution in [3.8, 4) is 6.07 Å². The Morgan fingerprint density at radius 3 is 2.39 bits per heavy atom. The van der Waals surface area contributed by atoms with Crippen molar-refractivity contribution in [2.75, 3.05) is 37.6 Å². The Bertz CT molecular complexity index is 1400. The van der Waals surface area contributed by atoms with E-state index in [4.69, 9.17) is 4.98 Å². The number of hydrogen-bond donors (Lipinski definition) is 0. The molecular weight excluding hydrogens is 473 g/mol. The highest BCUT2D eigenvalue weighted by Gasteiger charge is 2.36. The summed E-state index contributed by atoms with van der Waals surface area (Å²) in [4.78, 5) is 9.91. The van der Waals surface area contributed by atoms with Gasteiger partial charge < -0.3 is 9.47 Å². The third-order valence-electron chi connectivity index (χ3n) is 8.04. The fourth-order valence-electron chi connectivity index (χ4n) is 5.76. The Balaban J connectivity index is 1.24. The molecule has 2 heterocycles. The predicted molar refractivity (Wildman–Crippen MR) is 152 cm³/mol. The molecule has 5 nitrogen and oxygen atoms in total. The summed E-state index contributed by atoms with van der Waals surface area (Å²) in [5.41, 5.74) is 3.57. The second-order valence-electron chi connectivity index (χ2n) is 10.7. The van der Waals surface area contributed by atoms with Crippen molar-refractivity contribution in [2.24, 2.45) is 5.92 Å². The first-order valence-electron chi connectivity index (χ1n) is 13.6. The summed E-state index contributed by atoms with van der Waals surface area (Å²) in [7, 11) is 0. The van der Waals surface area contributed by atoms with E-state index in [1.165, 1.54) is 17.7 Å². The molecule has 1 aliphatic rings. The average molecular weight is 510 g/mol. The number of imidazole rings is 1. The molecule has 0 radical (unpaired) electrons. The first-order chi connectivity index (χ1) is 18.5. The number of nitrogens with zero attached hydrogens (tertiary/aromatic N) is 5. The van der Waals surface area contributed by atoms with Crippen LogP contribution >= 0.6 is 0 Å². The first-order valence-corrected chi connectivity index (χ1v) is 13.6. The number of para-hydroxylation sites is 2. The first kappa shape index (κ1) is 25.9. The van der Waals surface area contributed by atoms with E-state index in [-0.39, 0.29) is 11.7 Å². The minimum absolute atomic E-state index is 0.101. The molecule has 1 aromatic heterocycles. The van der Waals surface area contributed by atoms with Gasteiger partial charge >= 0.3 is 0 Å². The highest BCUT2D eigenvalue weighted by atomic mass is 19.1. The molecule has 1 fully saturated rings. The lowest BCUT2D eigenvalue weighted by molar-refractivity contribution is 0.237. The normalized spacial score (nSPS) is 16.0. The largest absolute Gasteiger partial charge is 0.340 e. The van der Waals surface area contributed by atoms with E-state index in [9.17, 15) is 9.65 Å². The van der Waals surface area contributed by atoms with Gasteiger partial charge in [-0.3, -0.25) is 4.90 Å². The summed E-state index contributed by atoms with van der Waals surface area (Å²) in [5.74, 6) is 0.852. The lowest BCUT2D eigenvalue weighted by Gasteiger charge is -2.37. The summed E-state index contributed by atoms with van der Waals surface area (Å²) >= 11 is 0. The molecular formula is C32H36FN5. The van der Waals surface area contributed by atoms with E-state index in [1.807, 2.05) is 12.1 Å². The van der Waals surface area contributed by atoms with E-state index in [0.29, 0.717) is 0 Å². The van der Waals surface area contributed by atoms with Gasteiger partial charge in [0.2, 0.25) is 5.95 Å². The number of hydrogen-bond acceptors (Lipinski definition) is 4. The third kappa shape index (κ3) is 5.30. The number of benzene rings is 3. The molecule has 1 unspecified atom stereocenters. The zero-order valence-corrected chi connectivity index (χ0v) is 22.4. The molecule has 3 aromatic carbocycles. The predicted octanol–water partition coefficient (Wildman–Crippen LogP) is 6.24. The van der Waals surface area contributed by atoms with Crippen molar-refractivity contribution in [2.45, 2.75) is 38.6 Å². The summed E-state index contributed by atoms with van der Waals surface area (Å²) in [5, 5.41) is 10.2. The topological polar surface area (TPSA) is 48.1 Å². The van der Waals surface area contributed by atoms with E-state index in [2.05, 4.69) is 82.8 Å². The van der Waals surface area contributed by atoms with Gasteiger partial charge in [-0.1, -0.05) is 68.4 Å². The smallest absolute Gasteiger partial charge is 0.206 e. The average Bonchev–Trinajstić information content (AvgIpc) is 3.30. The van der Waals surface area contributed by atoms with Crippen LogP contribution in [0, 0.1) is 23.1 Å². The second-order valence-corrected chi connectivity index (χ2v) is 10.7. The standard InChI is InChI=1S/C32H36FN5/c1-25(2)32(24-34,27-12-8-13-28(33)22-27)16-9-17-36-18-20-37(21-19-36)31-35-29-14-6-7-15-30(29)38(31)23-26-10-4-3-5-11-26/h3-8,10-15,22,25H,9,16-21,23H2,1-2H3. The van der Waals surface area contributed by atoms with Crippen LogP contribution in [0.2, 0.25) is 0 Å². The van der Waals surface area contributed by atoms with Crippen molar-refractivity contribution in [3.63, 3.8) is 0 Å². The number of aromatic nitrogens is 2. The minimum Gasteiger partial charge on any atom is -0.340 e. The van der Waals surface area contributed by atoms with Crippen molar-refractivity contribution >= 4 is 17.0 Å². The lowest BCUT2D eigenvalue weighted by Crippen LogP contribution is -2.47. The number of anilines is 1. The van der Waals surface area contributed by atoms with Crippen molar-refractivity contribution < 1.29 is 4.39 Å². The maximum absolute atomic E-state index is 14.0. The molecule has 4 aromatic rings. The number of piperazine rings is 1. The molecule has 1 saturated heterocycles. The maximum Gasteiger partial charge on any atom is 0.206 e. The Labute approximate surface area is 225 Å². The van der Waals surface area contributed by atoms with Crippen molar-refractivity contribution in [3.05, 3.63) is 95.8 Å². The molecule has 0 N–H and O–H groups in total. The molecule has 0 spiro atoms. The fraction of sp³-hybridized carbons (Fsp3) is 0.375. The van der Waals surface area contributed by atoms with Gasteiger partial charge in [-0.25, -0.2) is 9.37 Å². The van der Waals surface area contributed by atoms with Crippen LogP contribution in [0.15, 0.2) is 78.9 Å². The Kier molecular flexibility index (Phi) is 7.76. The van der Waals surface area contributed by atoms with E-state index < -0.39 is 5.41 Å². The van der Waals surface area contributed by atoms with Crippen molar-refractivity contribution in [1.29, 1.82) is 5.26 Å². The molecule has 38 heavy (non-hydrogen) atoms. The zero-order valence-electron chi connectivity index (χ0n) is 22.4. The molecule has 0 saturated carbocycles. The van der Waals surface area contributed by atoms with E-state index >= 15 is 0 Å². The van der Waals surface area contributed by atoms with Gasteiger partial charge in [0.05, 0.1) is 29.1 Å². The fourth-order valence-corrected chi connectivity index (χ4v) is 5.76. The van der Waals surface area contributed by atoms with Crippen LogP contribution in [0.3, 0.4) is 0 Å². The monoisotopic (exact) mass is 509 g/mol. The Morgan fingerprint density at radius 1 is 0.947 bits per heavy atom. The summed E-state index contributed by atoms with van der Waals surface area (Å²) < 4.78 is 16.3. The molecule has 0 bridgehead atoms. The molecule has 0 aliphatic carbocycles. The number of halogens is 1. The minimum atomic E-state index is -0.674. The lowest BCUT2D eigenvalue weighted by atomic mass is 9.70. The number of fused-ring (bicyclic) bond motifs is 1. The quantitative estimate of drug-likeness (QED) is 0.268. The van der Waals surface area contributed by atoms with Crippen LogP contribution in [0.1, 0.15) is 37.8 Å². The van der Waals surface area contributed by atoms with Gasteiger partial charge in [0.15, 0.2) is 0 Å². The van der Waals surface area contributed by atoms with Gasteiger partial charge in [0.25, 0.3) is 0 Å². The van der Waals surface area contributed by atoms with Crippen LogP contribution in [0.25, 0.3) is 11.0 Å². The number of nitriles is 1. The van der Waals surface area contributed by atoms with Crippen LogP contribution < -0.4 is 4.90 Å². The van der Waals surface area contributed by atoms with Crippen molar-refractivity contribution in [1.82, 2.24) is 14.5 Å². The third-order valence-corrected chi connectivity index (χ3v) is 8.04. The second kappa shape index (κ2) is 11.4. The maximum atomic E-state index is 14.0.